The van der Waals surface area contributed by atoms with Crippen LogP contribution in [0.1, 0.15) is 38.3 Å². The van der Waals surface area contributed by atoms with Crippen LogP contribution in [-0.2, 0) is 6.54 Å². The predicted molar refractivity (Wildman–Crippen MR) is 56.5 cm³/mol. The molecule has 0 spiro atoms. The number of fused-ring (bicyclic) bond motifs is 1. The first kappa shape index (κ1) is 8.33. The minimum Gasteiger partial charge on any atom is -0.368 e. The van der Waals surface area contributed by atoms with Gasteiger partial charge in [-0.25, -0.2) is 4.68 Å². The number of aromatic nitrogens is 2. The molecule has 2 heterocycles. The van der Waals surface area contributed by atoms with Crippen LogP contribution in [0.3, 0.4) is 0 Å². The van der Waals surface area contributed by atoms with Crippen molar-refractivity contribution >= 4 is 5.82 Å². The summed E-state index contributed by atoms with van der Waals surface area (Å²) in [7, 11) is 0. The molecule has 1 aromatic heterocycles. The van der Waals surface area contributed by atoms with Crippen molar-refractivity contribution in [2.24, 2.45) is 5.92 Å². The number of hydrogen-bond donors (Lipinski definition) is 1. The zero-order chi connectivity index (χ0) is 9.71. The normalized spacial score (nSPS) is 34.9. The smallest absolute Gasteiger partial charge is 0.124 e. The molecular formula is C11H17N3. The highest BCUT2D eigenvalue weighted by Crippen LogP contribution is 2.46. The van der Waals surface area contributed by atoms with E-state index in [0.29, 0.717) is 6.04 Å². The highest BCUT2D eigenvalue weighted by atomic mass is 15.3. The van der Waals surface area contributed by atoms with Gasteiger partial charge in [-0.3, -0.25) is 0 Å². The molecule has 1 aromatic rings. The molecule has 0 saturated heterocycles. The Morgan fingerprint density at radius 2 is 2.29 bits per heavy atom. The molecule has 0 amide bonds. The van der Waals surface area contributed by atoms with E-state index < -0.39 is 0 Å². The lowest BCUT2D eigenvalue weighted by molar-refractivity contribution is 0.508. The van der Waals surface area contributed by atoms with Crippen molar-refractivity contribution in [1.29, 1.82) is 0 Å². The molecule has 3 nitrogen and oxygen atoms in total. The molecule has 0 bridgehead atoms. The molecule has 1 saturated carbocycles. The van der Waals surface area contributed by atoms with Gasteiger partial charge in [0.15, 0.2) is 0 Å². The number of hydrogen-bond acceptors (Lipinski definition) is 2. The van der Waals surface area contributed by atoms with Crippen molar-refractivity contribution in [2.75, 3.05) is 5.32 Å². The van der Waals surface area contributed by atoms with Gasteiger partial charge in [0.25, 0.3) is 0 Å². The quantitative estimate of drug-likeness (QED) is 0.737. The lowest BCUT2D eigenvalue weighted by atomic mass is 10.2. The van der Waals surface area contributed by atoms with Crippen LogP contribution in [0.4, 0.5) is 5.82 Å². The average molecular weight is 191 g/mol. The van der Waals surface area contributed by atoms with Crippen molar-refractivity contribution in [3.05, 3.63) is 11.8 Å². The molecule has 0 radical (unpaired) electrons. The maximum absolute atomic E-state index is 4.65. The molecule has 2 aliphatic rings. The van der Waals surface area contributed by atoms with Gasteiger partial charge in [0.05, 0.1) is 5.69 Å². The topological polar surface area (TPSA) is 29.9 Å². The third-order valence-electron chi connectivity index (χ3n) is 3.46. The lowest BCUT2D eigenvalue weighted by Crippen LogP contribution is -2.25. The summed E-state index contributed by atoms with van der Waals surface area (Å²) in [6.45, 7) is 5.61. The molecule has 1 N–H and O–H groups in total. The predicted octanol–water partition coefficient (Wildman–Crippen LogP) is 2.21. The van der Waals surface area contributed by atoms with E-state index in [4.69, 9.17) is 0 Å². The molecule has 1 aliphatic heterocycles. The van der Waals surface area contributed by atoms with Gasteiger partial charge in [-0.15, -0.1) is 0 Å². The van der Waals surface area contributed by atoms with Crippen LogP contribution in [0.2, 0.25) is 0 Å². The summed E-state index contributed by atoms with van der Waals surface area (Å²) in [6.07, 6.45) is 2.51. The van der Waals surface area contributed by atoms with Crippen LogP contribution in [0.5, 0.6) is 0 Å². The Balaban J connectivity index is 1.88. The summed E-state index contributed by atoms with van der Waals surface area (Å²) in [5.74, 6) is 2.81. The summed E-state index contributed by atoms with van der Waals surface area (Å²) in [6, 6.07) is 2.84. The zero-order valence-corrected chi connectivity index (χ0v) is 8.83. The number of aryl methyl sites for hydroxylation is 1. The molecule has 3 atom stereocenters. The van der Waals surface area contributed by atoms with E-state index >= 15 is 0 Å². The van der Waals surface area contributed by atoms with E-state index in [2.05, 4.69) is 35.0 Å². The monoisotopic (exact) mass is 191 g/mol. The Labute approximate surface area is 84.5 Å². The lowest BCUT2D eigenvalue weighted by Gasteiger charge is -2.21. The molecule has 3 unspecified atom stereocenters. The van der Waals surface area contributed by atoms with Crippen LogP contribution < -0.4 is 5.32 Å². The van der Waals surface area contributed by atoms with E-state index in [1.165, 1.54) is 24.4 Å². The SMILES string of the molecule is CC1CCn2nc(C3CC3C)cc2N1. The van der Waals surface area contributed by atoms with Crippen molar-refractivity contribution in [3.8, 4) is 0 Å². The van der Waals surface area contributed by atoms with Crippen molar-refractivity contribution in [3.63, 3.8) is 0 Å². The average Bonchev–Trinajstić information content (AvgIpc) is 2.75. The van der Waals surface area contributed by atoms with E-state index in [-0.39, 0.29) is 0 Å². The van der Waals surface area contributed by atoms with Gasteiger partial charge >= 0.3 is 0 Å². The molecule has 3 rings (SSSR count). The second-order valence-electron chi connectivity index (χ2n) is 4.83. The third kappa shape index (κ3) is 1.22. The highest BCUT2D eigenvalue weighted by molar-refractivity contribution is 5.41. The van der Waals surface area contributed by atoms with Crippen LogP contribution >= 0.6 is 0 Å². The van der Waals surface area contributed by atoms with E-state index in [0.717, 1.165) is 18.4 Å². The number of anilines is 1. The molecule has 14 heavy (non-hydrogen) atoms. The molecular weight excluding hydrogens is 174 g/mol. The van der Waals surface area contributed by atoms with Crippen molar-refractivity contribution < 1.29 is 0 Å². The maximum atomic E-state index is 4.65. The van der Waals surface area contributed by atoms with Crippen LogP contribution in [0.25, 0.3) is 0 Å². The van der Waals surface area contributed by atoms with Crippen LogP contribution in [0.15, 0.2) is 6.07 Å². The van der Waals surface area contributed by atoms with Gasteiger partial charge < -0.3 is 5.32 Å². The first-order valence-corrected chi connectivity index (χ1v) is 5.58. The fraction of sp³-hybridized carbons (Fsp3) is 0.727. The molecule has 1 aliphatic carbocycles. The number of rotatable bonds is 1. The summed E-state index contributed by atoms with van der Waals surface area (Å²) >= 11 is 0. The molecule has 0 aromatic carbocycles. The summed E-state index contributed by atoms with van der Waals surface area (Å²) in [5.41, 5.74) is 1.30. The second kappa shape index (κ2) is 2.75. The Hall–Kier alpha value is -0.990. The first-order valence-electron chi connectivity index (χ1n) is 5.58. The Morgan fingerprint density at radius 3 is 3.00 bits per heavy atom. The Bertz CT molecular complexity index is 355. The van der Waals surface area contributed by atoms with Gasteiger partial charge in [0.1, 0.15) is 5.82 Å². The third-order valence-corrected chi connectivity index (χ3v) is 3.46. The summed E-state index contributed by atoms with van der Waals surface area (Å²) < 4.78 is 2.13. The highest BCUT2D eigenvalue weighted by Gasteiger charge is 2.36. The summed E-state index contributed by atoms with van der Waals surface area (Å²) in [4.78, 5) is 0. The number of nitrogens with one attached hydrogen (secondary N) is 1. The number of nitrogens with zero attached hydrogens (tertiary/aromatic N) is 2. The summed E-state index contributed by atoms with van der Waals surface area (Å²) in [5, 5.41) is 8.13. The van der Waals surface area contributed by atoms with Gasteiger partial charge in [0, 0.05) is 24.6 Å². The standard InChI is InChI=1S/C11H17N3/c1-7-5-9(7)10-6-11-12-8(2)3-4-14(11)13-10/h6-9,12H,3-5H2,1-2H3. The maximum Gasteiger partial charge on any atom is 0.124 e. The molecule has 1 fully saturated rings. The minimum atomic E-state index is 0.601. The van der Waals surface area contributed by atoms with E-state index in [1.54, 1.807) is 0 Å². The minimum absolute atomic E-state index is 0.601. The van der Waals surface area contributed by atoms with Gasteiger partial charge in [-0.2, -0.15) is 5.10 Å². The van der Waals surface area contributed by atoms with E-state index in [1.807, 2.05) is 0 Å². The zero-order valence-electron chi connectivity index (χ0n) is 8.83. The largest absolute Gasteiger partial charge is 0.368 e. The Kier molecular flexibility index (Phi) is 1.64. The fourth-order valence-corrected chi connectivity index (χ4v) is 2.28. The van der Waals surface area contributed by atoms with Gasteiger partial charge in [-0.1, -0.05) is 6.92 Å². The van der Waals surface area contributed by atoms with Crippen LogP contribution in [-0.4, -0.2) is 15.8 Å². The van der Waals surface area contributed by atoms with Crippen molar-refractivity contribution in [1.82, 2.24) is 9.78 Å². The second-order valence-corrected chi connectivity index (χ2v) is 4.83. The Morgan fingerprint density at radius 1 is 1.50 bits per heavy atom. The van der Waals surface area contributed by atoms with E-state index in [9.17, 15) is 0 Å². The van der Waals surface area contributed by atoms with Crippen molar-refractivity contribution in [2.45, 2.75) is 45.2 Å². The fourth-order valence-electron chi connectivity index (χ4n) is 2.28. The molecule has 3 heteroatoms. The van der Waals surface area contributed by atoms with Gasteiger partial charge in [-0.05, 0) is 25.7 Å². The van der Waals surface area contributed by atoms with Gasteiger partial charge in [0.2, 0.25) is 0 Å². The first-order chi connectivity index (χ1) is 6.74. The molecule has 76 valence electrons. The van der Waals surface area contributed by atoms with Crippen LogP contribution in [0, 0.1) is 5.92 Å².